The normalized spacial score (nSPS) is 17.0. The van der Waals surface area contributed by atoms with Crippen LogP contribution in [0.5, 0.6) is 11.5 Å². The van der Waals surface area contributed by atoms with Gasteiger partial charge in [-0.15, -0.1) is 0 Å². The molecule has 1 fully saturated rings. The predicted molar refractivity (Wildman–Crippen MR) is 87.2 cm³/mol. The summed E-state index contributed by atoms with van der Waals surface area (Å²) in [6.07, 6.45) is 1.57. The largest absolute Gasteiger partial charge is 0.503 e. The van der Waals surface area contributed by atoms with E-state index in [0.717, 1.165) is 11.8 Å². The number of carbonyl (C=O) groups excluding carboxylic acids is 2. The zero-order valence-corrected chi connectivity index (χ0v) is 14.0. The Morgan fingerprint density at radius 1 is 1.41 bits per heavy atom. The van der Waals surface area contributed by atoms with Gasteiger partial charge in [0.1, 0.15) is 0 Å². The third-order valence-electron chi connectivity index (χ3n) is 2.99. The van der Waals surface area contributed by atoms with Crippen molar-refractivity contribution in [3.8, 4) is 11.5 Å². The minimum atomic E-state index is -0.327. The second-order valence-electron chi connectivity index (χ2n) is 4.93. The first-order valence-corrected chi connectivity index (χ1v) is 7.97. The highest BCUT2D eigenvalue weighted by Crippen LogP contribution is 2.38. The molecule has 1 aromatic rings. The summed E-state index contributed by atoms with van der Waals surface area (Å²) >= 11 is 6.84. The molecule has 1 aliphatic heterocycles. The molecular formula is C15H16ClNO4S. The van der Waals surface area contributed by atoms with Crippen LogP contribution in [0.3, 0.4) is 0 Å². The maximum atomic E-state index is 12.2. The summed E-state index contributed by atoms with van der Waals surface area (Å²) in [4.78, 5) is 25.6. The van der Waals surface area contributed by atoms with Crippen LogP contribution in [0, 0.1) is 0 Å². The van der Waals surface area contributed by atoms with Crippen molar-refractivity contribution in [1.29, 1.82) is 0 Å². The molecule has 0 unspecified atom stereocenters. The van der Waals surface area contributed by atoms with Crippen molar-refractivity contribution in [3.63, 3.8) is 0 Å². The second-order valence-corrected chi connectivity index (χ2v) is 6.33. The van der Waals surface area contributed by atoms with Crippen molar-refractivity contribution in [1.82, 2.24) is 4.90 Å². The number of halogens is 1. The minimum Gasteiger partial charge on any atom is -0.503 e. The van der Waals surface area contributed by atoms with Crippen molar-refractivity contribution in [3.05, 3.63) is 27.6 Å². The van der Waals surface area contributed by atoms with Crippen molar-refractivity contribution >= 4 is 40.6 Å². The first-order valence-electron chi connectivity index (χ1n) is 6.77. The summed E-state index contributed by atoms with van der Waals surface area (Å²) in [5, 5.41) is 9.65. The fourth-order valence-electron chi connectivity index (χ4n) is 2.02. The van der Waals surface area contributed by atoms with E-state index in [-0.39, 0.29) is 33.7 Å². The van der Waals surface area contributed by atoms with Gasteiger partial charge in [-0.25, -0.2) is 0 Å². The molecule has 2 amide bonds. The van der Waals surface area contributed by atoms with Gasteiger partial charge in [0.15, 0.2) is 11.5 Å². The topological polar surface area (TPSA) is 66.8 Å². The average molecular weight is 342 g/mol. The standard InChI is InChI=1S/C15H16ClNO4S/c1-4-21-11-6-9(5-10(16)13(11)18)7-12-14(19)17(8(2)3)15(20)22-12/h5-8,18H,4H2,1-3H3/b12-7-. The minimum absolute atomic E-state index is 0.125. The smallest absolute Gasteiger partial charge is 0.293 e. The number of thioether (sulfide) groups is 1. The molecule has 1 saturated heterocycles. The lowest BCUT2D eigenvalue weighted by Gasteiger charge is -2.16. The van der Waals surface area contributed by atoms with Crippen molar-refractivity contribution in [2.24, 2.45) is 0 Å². The molecule has 0 saturated carbocycles. The summed E-state index contributed by atoms with van der Waals surface area (Å²) in [5.41, 5.74) is 0.584. The Bertz CT molecular complexity index is 657. The molecule has 1 N–H and O–H groups in total. The zero-order valence-electron chi connectivity index (χ0n) is 12.4. The van der Waals surface area contributed by atoms with Gasteiger partial charge in [-0.3, -0.25) is 14.5 Å². The summed E-state index contributed by atoms with van der Waals surface area (Å²) in [6.45, 7) is 5.72. The van der Waals surface area contributed by atoms with Gasteiger partial charge in [-0.1, -0.05) is 11.6 Å². The van der Waals surface area contributed by atoms with E-state index >= 15 is 0 Å². The van der Waals surface area contributed by atoms with E-state index in [4.69, 9.17) is 16.3 Å². The van der Waals surface area contributed by atoms with E-state index in [9.17, 15) is 14.7 Å². The van der Waals surface area contributed by atoms with Crippen molar-refractivity contribution < 1.29 is 19.4 Å². The Morgan fingerprint density at radius 2 is 2.09 bits per heavy atom. The van der Waals surface area contributed by atoms with Crippen LogP contribution in [-0.2, 0) is 4.79 Å². The maximum absolute atomic E-state index is 12.2. The van der Waals surface area contributed by atoms with Crippen LogP contribution in [0.1, 0.15) is 26.3 Å². The van der Waals surface area contributed by atoms with Crippen LogP contribution in [0.2, 0.25) is 5.02 Å². The number of phenols is 1. The highest BCUT2D eigenvalue weighted by Gasteiger charge is 2.36. The van der Waals surface area contributed by atoms with Gasteiger partial charge >= 0.3 is 0 Å². The Hall–Kier alpha value is -1.66. The molecule has 22 heavy (non-hydrogen) atoms. The molecule has 0 radical (unpaired) electrons. The SMILES string of the molecule is CCOc1cc(/C=C2\SC(=O)N(C(C)C)C2=O)cc(Cl)c1O. The van der Waals surface area contributed by atoms with Crippen LogP contribution in [0.15, 0.2) is 17.0 Å². The summed E-state index contributed by atoms with van der Waals surface area (Å²) in [6, 6.07) is 2.90. The highest BCUT2D eigenvalue weighted by molar-refractivity contribution is 8.18. The molecule has 1 aliphatic rings. The van der Waals surface area contributed by atoms with E-state index in [1.165, 1.54) is 11.0 Å². The van der Waals surface area contributed by atoms with Gasteiger partial charge in [-0.05, 0) is 56.3 Å². The van der Waals surface area contributed by atoms with E-state index < -0.39 is 0 Å². The van der Waals surface area contributed by atoms with Crippen LogP contribution < -0.4 is 4.74 Å². The molecule has 118 valence electrons. The molecule has 0 aromatic heterocycles. The number of hydrogen-bond donors (Lipinski definition) is 1. The van der Waals surface area contributed by atoms with Gasteiger partial charge in [0.05, 0.1) is 16.5 Å². The number of benzene rings is 1. The molecule has 1 heterocycles. The number of aromatic hydroxyl groups is 1. The number of nitrogens with zero attached hydrogens (tertiary/aromatic N) is 1. The first-order chi connectivity index (χ1) is 10.3. The Morgan fingerprint density at radius 3 is 2.64 bits per heavy atom. The van der Waals surface area contributed by atoms with Gasteiger partial charge in [0.2, 0.25) is 0 Å². The van der Waals surface area contributed by atoms with E-state index in [2.05, 4.69) is 0 Å². The van der Waals surface area contributed by atoms with Crippen molar-refractivity contribution in [2.45, 2.75) is 26.8 Å². The van der Waals surface area contributed by atoms with Gasteiger partial charge in [0, 0.05) is 6.04 Å². The number of phenolic OH excluding ortho intramolecular Hbond substituents is 1. The predicted octanol–water partition coefficient (Wildman–Crippen LogP) is 3.89. The zero-order chi connectivity index (χ0) is 16.4. The monoisotopic (exact) mass is 341 g/mol. The van der Waals surface area contributed by atoms with Crippen molar-refractivity contribution in [2.75, 3.05) is 6.61 Å². The summed E-state index contributed by atoms with van der Waals surface area (Å²) in [7, 11) is 0. The average Bonchev–Trinajstić information content (AvgIpc) is 2.70. The Kier molecular flexibility index (Phi) is 5.03. The number of rotatable bonds is 4. The molecular weight excluding hydrogens is 326 g/mol. The lowest BCUT2D eigenvalue weighted by molar-refractivity contribution is -0.123. The molecule has 0 spiro atoms. The van der Waals surface area contributed by atoms with Crippen LogP contribution in [0.4, 0.5) is 4.79 Å². The van der Waals surface area contributed by atoms with Gasteiger partial charge < -0.3 is 9.84 Å². The quantitative estimate of drug-likeness (QED) is 0.841. The van der Waals surface area contributed by atoms with Gasteiger partial charge in [0.25, 0.3) is 11.1 Å². The Balaban J connectivity index is 2.38. The third-order valence-corrected chi connectivity index (χ3v) is 4.16. The molecule has 0 aliphatic carbocycles. The van der Waals surface area contributed by atoms with E-state index in [0.29, 0.717) is 17.1 Å². The van der Waals surface area contributed by atoms with E-state index in [1.54, 1.807) is 32.9 Å². The number of ether oxygens (including phenoxy) is 1. The maximum Gasteiger partial charge on any atom is 0.293 e. The number of amides is 2. The molecule has 1 aromatic carbocycles. The van der Waals surface area contributed by atoms with Gasteiger partial charge in [-0.2, -0.15) is 0 Å². The number of hydrogen-bond acceptors (Lipinski definition) is 5. The lowest BCUT2D eigenvalue weighted by atomic mass is 10.1. The third kappa shape index (κ3) is 3.23. The molecule has 7 heteroatoms. The molecule has 0 atom stereocenters. The lowest BCUT2D eigenvalue weighted by Crippen LogP contribution is -2.34. The first kappa shape index (κ1) is 16.7. The van der Waals surface area contributed by atoms with Crippen LogP contribution in [0.25, 0.3) is 6.08 Å². The molecule has 2 rings (SSSR count). The van der Waals surface area contributed by atoms with Crippen LogP contribution >= 0.6 is 23.4 Å². The fraction of sp³-hybridized carbons (Fsp3) is 0.333. The number of imide groups is 1. The molecule has 5 nitrogen and oxygen atoms in total. The molecule has 0 bridgehead atoms. The second kappa shape index (κ2) is 6.62. The van der Waals surface area contributed by atoms with E-state index in [1.807, 2.05) is 0 Å². The fourth-order valence-corrected chi connectivity index (χ4v) is 3.20. The number of carbonyl (C=O) groups is 2. The summed E-state index contributed by atoms with van der Waals surface area (Å²) in [5.74, 6) is -0.229. The Labute approximate surface area is 137 Å². The van der Waals surface area contributed by atoms with Crippen LogP contribution in [-0.4, -0.2) is 33.8 Å². The highest BCUT2D eigenvalue weighted by atomic mass is 35.5. The summed E-state index contributed by atoms with van der Waals surface area (Å²) < 4.78 is 5.30.